The van der Waals surface area contributed by atoms with Gasteiger partial charge >= 0.3 is 0 Å². The first-order valence-electron chi connectivity index (χ1n) is 8.62. The Labute approximate surface area is 126 Å². The first-order chi connectivity index (χ1) is 9.57. The van der Waals surface area contributed by atoms with Gasteiger partial charge in [0, 0.05) is 0 Å². The summed E-state index contributed by atoms with van der Waals surface area (Å²) in [6.45, 7) is 4.46. The van der Waals surface area contributed by atoms with Gasteiger partial charge in [0.05, 0.1) is 18.8 Å². The number of rotatable bonds is 14. The standard InChI is InChI=1S/C17H37NO2/c1-15(2)12-10-8-6-4-3-5-7-9-11-13-17(20)16(18)14-19/h15-17,19-20H,3-14,18H2,1-2H3. The van der Waals surface area contributed by atoms with Crippen molar-refractivity contribution in [1.29, 1.82) is 0 Å². The van der Waals surface area contributed by atoms with E-state index in [0.717, 1.165) is 18.8 Å². The summed E-state index contributed by atoms with van der Waals surface area (Å²) >= 11 is 0. The van der Waals surface area contributed by atoms with Crippen LogP contribution >= 0.6 is 0 Å². The Balaban J connectivity index is 3.13. The Kier molecular flexibility index (Phi) is 13.8. The molecule has 3 nitrogen and oxygen atoms in total. The lowest BCUT2D eigenvalue weighted by Crippen LogP contribution is -2.37. The summed E-state index contributed by atoms with van der Waals surface area (Å²) in [7, 11) is 0. The second-order valence-corrected chi connectivity index (χ2v) is 6.57. The quantitative estimate of drug-likeness (QED) is 0.428. The molecule has 2 unspecified atom stereocenters. The molecular formula is C17H37NO2. The van der Waals surface area contributed by atoms with Crippen molar-refractivity contribution in [2.75, 3.05) is 6.61 Å². The van der Waals surface area contributed by atoms with Crippen molar-refractivity contribution in [3.8, 4) is 0 Å². The number of hydrogen-bond acceptors (Lipinski definition) is 3. The van der Waals surface area contributed by atoms with E-state index < -0.39 is 12.1 Å². The van der Waals surface area contributed by atoms with Crippen molar-refractivity contribution in [2.24, 2.45) is 11.7 Å². The zero-order valence-corrected chi connectivity index (χ0v) is 13.7. The van der Waals surface area contributed by atoms with E-state index in [-0.39, 0.29) is 6.61 Å². The lowest BCUT2D eigenvalue weighted by atomic mass is 10.0. The first kappa shape index (κ1) is 19.9. The number of unbranched alkanes of at least 4 members (excludes halogenated alkanes) is 8. The summed E-state index contributed by atoms with van der Waals surface area (Å²) in [5.41, 5.74) is 5.56. The summed E-state index contributed by atoms with van der Waals surface area (Å²) in [6, 6.07) is -0.471. The lowest BCUT2D eigenvalue weighted by Gasteiger charge is -2.15. The summed E-state index contributed by atoms with van der Waals surface area (Å²) in [6.07, 6.45) is 13.2. The highest BCUT2D eigenvalue weighted by molar-refractivity contribution is 4.70. The van der Waals surface area contributed by atoms with Crippen molar-refractivity contribution >= 4 is 0 Å². The van der Waals surface area contributed by atoms with Crippen LogP contribution in [0.5, 0.6) is 0 Å². The predicted octanol–water partition coefficient (Wildman–Crippen LogP) is 3.61. The molecule has 0 aliphatic carbocycles. The summed E-state index contributed by atoms with van der Waals surface area (Å²) < 4.78 is 0. The number of aliphatic hydroxyl groups is 2. The minimum atomic E-state index is -0.541. The number of aliphatic hydroxyl groups excluding tert-OH is 2. The van der Waals surface area contributed by atoms with Gasteiger partial charge in [-0.3, -0.25) is 0 Å². The fourth-order valence-electron chi connectivity index (χ4n) is 2.48. The maximum Gasteiger partial charge on any atom is 0.0713 e. The minimum Gasteiger partial charge on any atom is -0.395 e. The smallest absolute Gasteiger partial charge is 0.0713 e. The van der Waals surface area contributed by atoms with Crippen molar-refractivity contribution in [3.05, 3.63) is 0 Å². The van der Waals surface area contributed by atoms with Crippen LogP contribution in [0, 0.1) is 5.92 Å². The Morgan fingerprint density at radius 2 is 1.15 bits per heavy atom. The van der Waals surface area contributed by atoms with E-state index in [9.17, 15) is 5.11 Å². The minimum absolute atomic E-state index is 0.127. The van der Waals surface area contributed by atoms with Crippen LogP contribution in [0.1, 0.15) is 84.5 Å². The number of hydrogen-bond donors (Lipinski definition) is 3. The third-order valence-corrected chi connectivity index (χ3v) is 3.99. The number of nitrogens with two attached hydrogens (primary N) is 1. The Hall–Kier alpha value is -0.120. The molecule has 0 rings (SSSR count). The van der Waals surface area contributed by atoms with E-state index in [1.807, 2.05) is 0 Å². The summed E-state index contributed by atoms with van der Waals surface area (Å²) in [5.74, 6) is 0.851. The van der Waals surface area contributed by atoms with E-state index >= 15 is 0 Å². The normalized spacial score (nSPS) is 14.7. The molecule has 0 aromatic carbocycles. The molecule has 0 aromatic heterocycles. The molecule has 20 heavy (non-hydrogen) atoms. The SMILES string of the molecule is CC(C)CCCCCCCCCCCC(O)C(N)CO. The highest BCUT2D eigenvalue weighted by Gasteiger charge is 2.12. The average molecular weight is 287 g/mol. The van der Waals surface area contributed by atoms with Gasteiger partial charge in [-0.25, -0.2) is 0 Å². The molecule has 0 radical (unpaired) electrons. The van der Waals surface area contributed by atoms with E-state index in [0.29, 0.717) is 0 Å². The molecule has 0 spiro atoms. The average Bonchev–Trinajstić information content (AvgIpc) is 2.43. The van der Waals surface area contributed by atoms with Crippen molar-refractivity contribution in [1.82, 2.24) is 0 Å². The molecular weight excluding hydrogens is 250 g/mol. The van der Waals surface area contributed by atoms with Crippen LogP contribution in [0.25, 0.3) is 0 Å². The van der Waals surface area contributed by atoms with Crippen LogP contribution in [-0.2, 0) is 0 Å². The van der Waals surface area contributed by atoms with Crippen LogP contribution in [-0.4, -0.2) is 29.0 Å². The molecule has 0 amide bonds. The monoisotopic (exact) mass is 287 g/mol. The molecule has 0 aliphatic rings. The van der Waals surface area contributed by atoms with Gasteiger partial charge in [0.15, 0.2) is 0 Å². The second kappa shape index (κ2) is 13.8. The molecule has 0 saturated heterocycles. The zero-order valence-electron chi connectivity index (χ0n) is 13.7. The second-order valence-electron chi connectivity index (χ2n) is 6.57. The Bertz CT molecular complexity index is 197. The molecule has 0 saturated carbocycles. The van der Waals surface area contributed by atoms with Crippen LogP contribution in [0.2, 0.25) is 0 Å². The van der Waals surface area contributed by atoms with Crippen LogP contribution in [0.4, 0.5) is 0 Å². The van der Waals surface area contributed by atoms with Gasteiger partial charge in [0.2, 0.25) is 0 Å². The molecule has 2 atom stereocenters. The van der Waals surface area contributed by atoms with Gasteiger partial charge in [-0.2, -0.15) is 0 Å². The van der Waals surface area contributed by atoms with Gasteiger partial charge in [0.1, 0.15) is 0 Å². The molecule has 0 bridgehead atoms. The van der Waals surface area contributed by atoms with Gasteiger partial charge in [-0.1, -0.05) is 78.1 Å². The summed E-state index contributed by atoms with van der Waals surface area (Å²) in [5, 5.41) is 18.4. The third-order valence-electron chi connectivity index (χ3n) is 3.99. The Morgan fingerprint density at radius 1 is 0.750 bits per heavy atom. The molecule has 0 fully saturated rings. The third kappa shape index (κ3) is 12.9. The van der Waals surface area contributed by atoms with Crippen molar-refractivity contribution in [2.45, 2.75) is 96.6 Å². The largest absolute Gasteiger partial charge is 0.395 e. The van der Waals surface area contributed by atoms with E-state index in [1.54, 1.807) is 0 Å². The van der Waals surface area contributed by atoms with Gasteiger partial charge in [-0.05, 0) is 12.3 Å². The van der Waals surface area contributed by atoms with Gasteiger partial charge in [0.25, 0.3) is 0 Å². The summed E-state index contributed by atoms with van der Waals surface area (Å²) in [4.78, 5) is 0. The van der Waals surface area contributed by atoms with E-state index in [2.05, 4.69) is 13.8 Å². The van der Waals surface area contributed by atoms with Crippen LogP contribution < -0.4 is 5.73 Å². The fraction of sp³-hybridized carbons (Fsp3) is 1.00. The fourth-order valence-corrected chi connectivity index (χ4v) is 2.48. The highest BCUT2D eigenvalue weighted by atomic mass is 16.3. The molecule has 3 heteroatoms. The maximum atomic E-state index is 9.59. The molecule has 0 aliphatic heterocycles. The maximum absolute atomic E-state index is 9.59. The van der Waals surface area contributed by atoms with Crippen molar-refractivity contribution < 1.29 is 10.2 Å². The van der Waals surface area contributed by atoms with E-state index in [1.165, 1.54) is 57.8 Å². The molecule has 0 heterocycles. The Morgan fingerprint density at radius 3 is 1.55 bits per heavy atom. The van der Waals surface area contributed by atoms with Crippen LogP contribution in [0.3, 0.4) is 0 Å². The van der Waals surface area contributed by atoms with Gasteiger partial charge < -0.3 is 15.9 Å². The molecule has 122 valence electrons. The molecule has 0 aromatic rings. The van der Waals surface area contributed by atoms with Crippen LogP contribution in [0.15, 0.2) is 0 Å². The topological polar surface area (TPSA) is 66.5 Å². The van der Waals surface area contributed by atoms with Crippen molar-refractivity contribution in [3.63, 3.8) is 0 Å². The van der Waals surface area contributed by atoms with E-state index in [4.69, 9.17) is 10.8 Å². The highest BCUT2D eigenvalue weighted by Crippen LogP contribution is 2.14. The zero-order chi connectivity index (χ0) is 15.2. The molecule has 4 N–H and O–H groups in total. The predicted molar refractivity (Wildman–Crippen MR) is 86.7 cm³/mol. The first-order valence-corrected chi connectivity index (χ1v) is 8.62. The van der Waals surface area contributed by atoms with Gasteiger partial charge in [-0.15, -0.1) is 0 Å². The lowest BCUT2D eigenvalue weighted by molar-refractivity contribution is 0.0990.